The molecule has 0 fully saturated rings. The minimum absolute atomic E-state index is 0.0972. The topological polar surface area (TPSA) is 92.5 Å². The molecule has 4 nitrogen and oxygen atoms in total. The molecular weight excluding hydrogens is 204 g/mol. The molecule has 0 unspecified atom stereocenters. The van der Waals surface area contributed by atoms with E-state index < -0.39 is 0 Å². The van der Waals surface area contributed by atoms with Crippen molar-refractivity contribution in [3.05, 3.63) is 0 Å². The molecule has 0 saturated carbocycles. The Balaban J connectivity index is -0.000000162. The van der Waals surface area contributed by atoms with Gasteiger partial charge in [0.2, 0.25) is 0 Å². The number of rotatable bonds is 5. The maximum Gasteiger partial charge on any atom is 0.0553 e. The Kier molecular flexibility index (Phi) is 26.8. The van der Waals surface area contributed by atoms with E-state index in [1.54, 1.807) is 0 Å². The number of aliphatic hydroxyl groups is 2. The third kappa shape index (κ3) is 48.8. The number of nitrogens with two attached hydrogens (primary N) is 2. The smallest absolute Gasteiger partial charge is 0.0553 e. The molecule has 0 saturated heterocycles. The molecule has 0 radical (unpaired) electrons. The van der Waals surface area contributed by atoms with E-state index in [0.29, 0.717) is 19.1 Å². The Hall–Kier alpha value is -0.160. The van der Waals surface area contributed by atoms with Crippen LogP contribution in [0.25, 0.3) is 0 Å². The van der Waals surface area contributed by atoms with Gasteiger partial charge in [0.05, 0.1) is 6.61 Å². The molecule has 0 aromatic carbocycles. The van der Waals surface area contributed by atoms with E-state index >= 15 is 0 Å². The first-order valence-corrected chi connectivity index (χ1v) is 6.07. The van der Waals surface area contributed by atoms with Crippen molar-refractivity contribution in [2.24, 2.45) is 23.3 Å². The van der Waals surface area contributed by atoms with Gasteiger partial charge in [-0.3, -0.25) is 0 Å². The lowest BCUT2D eigenvalue weighted by Crippen LogP contribution is -2.02. The van der Waals surface area contributed by atoms with Crippen LogP contribution in [0.15, 0.2) is 0 Å². The molecule has 0 spiro atoms. The normalized spacial score (nSPS) is 9.38. The highest BCUT2D eigenvalue weighted by atomic mass is 16.3. The second-order valence-electron chi connectivity index (χ2n) is 4.39. The zero-order valence-electron chi connectivity index (χ0n) is 11.4. The van der Waals surface area contributed by atoms with Crippen LogP contribution >= 0.6 is 0 Å². The van der Waals surface area contributed by atoms with Crippen LogP contribution in [0.5, 0.6) is 0 Å². The van der Waals surface area contributed by atoms with Crippen molar-refractivity contribution in [3.63, 3.8) is 0 Å². The van der Waals surface area contributed by atoms with Crippen molar-refractivity contribution < 1.29 is 10.2 Å². The minimum atomic E-state index is 0.0972. The summed E-state index contributed by atoms with van der Waals surface area (Å²) in [5, 5.41) is 16.0. The lowest BCUT2D eigenvalue weighted by molar-refractivity contribution is 0.268. The standard InChI is InChI=1S/C5H13N.C5H12O.C2H7NO/c2*1-5(2)3-4-6;3-1-2-4/h5H,3-4,6H2,1-2H3;5-6H,3-4H2,1-2H3;4H,1-3H2. The van der Waals surface area contributed by atoms with Crippen molar-refractivity contribution in [2.75, 3.05) is 26.3 Å². The Morgan fingerprint density at radius 3 is 1.12 bits per heavy atom. The van der Waals surface area contributed by atoms with Gasteiger partial charge in [-0.2, -0.15) is 0 Å². The highest BCUT2D eigenvalue weighted by Crippen LogP contribution is 1.95. The summed E-state index contributed by atoms with van der Waals surface area (Å²) < 4.78 is 0. The van der Waals surface area contributed by atoms with Gasteiger partial charge < -0.3 is 21.7 Å². The molecule has 0 aromatic rings. The van der Waals surface area contributed by atoms with Gasteiger partial charge in [0.25, 0.3) is 0 Å². The quantitative estimate of drug-likeness (QED) is 0.572. The van der Waals surface area contributed by atoms with E-state index in [4.69, 9.17) is 21.7 Å². The Bertz CT molecular complexity index is 87.0. The van der Waals surface area contributed by atoms with Gasteiger partial charge in [-0.1, -0.05) is 27.7 Å². The summed E-state index contributed by atoms with van der Waals surface area (Å²) in [5.41, 5.74) is 10.0. The summed E-state index contributed by atoms with van der Waals surface area (Å²) in [6.07, 6.45) is 2.08. The highest BCUT2D eigenvalue weighted by molar-refractivity contribution is 4.42. The van der Waals surface area contributed by atoms with Gasteiger partial charge in [-0.25, -0.2) is 0 Å². The molecule has 0 amide bonds. The SMILES string of the molecule is CC(C)CCN.CC(C)CCO.NCCO. The molecule has 0 aromatic heterocycles. The van der Waals surface area contributed by atoms with E-state index in [0.717, 1.165) is 25.3 Å². The average molecular weight is 236 g/mol. The average Bonchev–Trinajstić information content (AvgIpc) is 2.18. The number of aliphatic hydroxyl groups excluding tert-OH is 2. The van der Waals surface area contributed by atoms with E-state index in [2.05, 4.69) is 27.7 Å². The molecule has 0 aliphatic carbocycles. The lowest BCUT2D eigenvalue weighted by atomic mass is 10.1. The van der Waals surface area contributed by atoms with Crippen LogP contribution in [0.4, 0.5) is 0 Å². The van der Waals surface area contributed by atoms with Crippen molar-refractivity contribution in [1.82, 2.24) is 0 Å². The van der Waals surface area contributed by atoms with Crippen LogP contribution in [0.3, 0.4) is 0 Å². The first-order valence-electron chi connectivity index (χ1n) is 6.07. The molecule has 102 valence electrons. The third-order valence-electron chi connectivity index (χ3n) is 1.58. The van der Waals surface area contributed by atoms with Crippen molar-refractivity contribution in [1.29, 1.82) is 0 Å². The van der Waals surface area contributed by atoms with Crippen LogP contribution in [0.2, 0.25) is 0 Å². The Labute approximate surface area is 101 Å². The first-order chi connectivity index (χ1) is 7.45. The fraction of sp³-hybridized carbons (Fsp3) is 1.00. The van der Waals surface area contributed by atoms with Crippen molar-refractivity contribution in [2.45, 2.75) is 40.5 Å². The van der Waals surface area contributed by atoms with Gasteiger partial charge in [0.1, 0.15) is 0 Å². The van der Waals surface area contributed by atoms with Gasteiger partial charge in [0, 0.05) is 13.2 Å². The van der Waals surface area contributed by atoms with Gasteiger partial charge >= 0.3 is 0 Å². The molecule has 0 rings (SSSR count). The van der Waals surface area contributed by atoms with Crippen molar-refractivity contribution in [3.8, 4) is 0 Å². The van der Waals surface area contributed by atoms with E-state index in [1.165, 1.54) is 0 Å². The number of hydrogen-bond acceptors (Lipinski definition) is 4. The summed E-state index contributed by atoms with van der Waals surface area (Å²) >= 11 is 0. The zero-order valence-corrected chi connectivity index (χ0v) is 11.4. The lowest BCUT2D eigenvalue weighted by Gasteiger charge is -1.96. The maximum atomic E-state index is 8.24. The molecule has 0 heterocycles. The molecule has 0 bridgehead atoms. The second-order valence-corrected chi connectivity index (χ2v) is 4.39. The zero-order chi connectivity index (χ0) is 13.4. The van der Waals surface area contributed by atoms with Gasteiger partial charge in [-0.05, 0) is 31.2 Å². The molecule has 0 aliphatic rings. The maximum absolute atomic E-state index is 8.24. The van der Waals surface area contributed by atoms with Crippen LogP contribution in [0, 0.1) is 11.8 Å². The predicted molar refractivity (Wildman–Crippen MR) is 71.2 cm³/mol. The third-order valence-corrected chi connectivity index (χ3v) is 1.58. The van der Waals surface area contributed by atoms with Crippen LogP contribution in [-0.2, 0) is 0 Å². The Morgan fingerprint density at radius 2 is 1.12 bits per heavy atom. The first kappa shape index (κ1) is 21.2. The summed E-state index contributed by atoms with van der Waals surface area (Å²) in [7, 11) is 0. The molecule has 4 heteroatoms. The van der Waals surface area contributed by atoms with E-state index in [1.807, 2.05) is 0 Å². The van der Waals surface area contributed by atoms with E-state index in [-0.39, 0.29) is 6.61 Å². The highest BCUT2D eigenvalue weighted by Gasteiger charge is 1.86. The van der Waals surface area contributed by atoms with Crippen LogP contribution in [-0.4, -0.2) is 36.5 Å². The summed E-state index contributed by atoms with van der Waals surface area (Å²) in [6.45, 7) is 10.2. The summed E-state index contributed by atoms with van der Waals surface area (Å²) in [6, 6.07) is 0. The van der Waals surface area contributed by atoms with Crippen molar-refractivity contribution >= 4 is 0 Å². The largest absolute Gasteiger partial charge is 0.396 e. The van der Waals surface area contributed by atoms with Crippen LogP contribution in [0.1, 0.15) is 40.5 Å². The molecular formula is C12H32N2O2. The molecule has 6 N–H and O–H groups in total. The molecule has 0 atom stereocenters. The number of hydrogen-bond donors (Lipinski definition) is 4. The summed E-state index contributed by atoms with van der Waals surface area (Å²) in [4.78, 5) is 0. The Morgan fingerprint density at radius 1 is 0.750 bits per heavy atom. The van der Waals surface area contributed by atoms with Gasteiger partial charge in [0.15, 0.2) is 0 Å². The predicted octanol–water partition coefficient (Wildman–Crippen LogP) is 0.953. The molecule has 0 aliphatic heterocycles. The van der Waals surface area contributed by atoms with E-state index in [9.17, 15) is 0 Å². The van der Waals surface area contributed by atoms with Crippen LogP contribution < -0.4 is 11.5 Å². The summed E-state index contributed by atoms with van der Waals surface area (Å²) in [5.74, 6) is 1.42. The fourth-order valence-corrected chi connectivity index (χ4v) is 0.592. The second kappa shape index (κ2) is 20.3. The van der Waals surface area contributed by atoms with Gasteiger partial charge in [-0.15, -0.1) is 0 Å². The molecule has 16 heavy (non-hydrogen) atoms. The minimum Gasteiger partial charge on any atom is -0.396 e. The monoisotopic (exact) mass is 236 g/mol. The fourth-order valence-electron chi connectivity index (χ4n) is 0.592.